The lowest BCUT2D eigenvalue weighted by atomic mass is 10.1. The van der Waals surface area contributed by atoms with Gasteiger partial charge in [0.25, 0.3) is 0 Å². The Hall–Kier alpha value is -1.42. The number of ketones is 2. The molecule has 88 valence electrons. The summed E-state index contributed by atoms with van der Waals surface area (Å²) >= 11 is 1.54. The number of Topliss-reactive ketones (excluding diaryl/α,β-unsaturated/α-hetero) is 2. The van der Waals surface area contributed by atoms with Crippen molar-refractivity contribution in [2.75, 3.05) is 0 Å². The van der Waals surface area contributed by atoms with Crippen LogP contribution in [0.15, 0.2) is 35.9 Å². The Balaban J connectivity index is 1.82. The maximum atomic E-state index is 11.7. The molecular weight excluding hydrogens is 234 g/mol. The molecule has 0 fully saturated rings. The minimum Gasteiger partial charge on any atom is -0.298 e. The monoisotopic (exact) mass is 247 g/mol. The highest BCUT2D eigenvalue weighted by Crippen LogP contribution is 2.26. The summed E-state index contributed by atoms with van der Waals surface area (Å²) in [7, 11) is 0. The Morgan fingerprint density at radius 2 is 2.24 bits per heavy atom. The van der Waals surface area contributed by atoms with E-state index in [-0.39, 0.29) is 23.2 Å². The van der Waals surface area contributed by atoms with Gasteiger partial charge in [-0.05, 0) is 24.0 Å². The molecule has 1 aromatic heterocycles. The van der Waals surface area contributed by atoms with E-state index in [0.29, 0.717) is 12.1 Å². The second kappa shape index (κ2) is 5.77. The molecule has 1 aliphatic heterocycles. The van der Waals surface area contributed by atoms with E-state index in [1.807, 2.05) is 11.5 Å². The largest absolute Gasteiger partial charge is 0.298 e. The first-order chi connectivity index (χ1) is 8.27. The van der Waals surface area contributed by atoms with Crippen LogP contribution in [0.1, 0.15) is 29.8 Å². The molecule has 0 radical (unpaired) electrons. The van der Waals surface area contributed by atoms with Gasteiger partial charge in [-0.15, -0.1) is 11.8 Å². The molecule has 1 unspecified atom stereocenters. The van der Waals surface area contributed by atoms with Crippen molar-refractivity contribution in [2.45, 2.75) is 24.5 Å². The van der Waals surface area contributed by atoms with Crippen LogP contribution in [-0.4, -0.2) is 21.8 Å². The van der Waals surface area contributed by atoms with Gasteiger partial charge in [-0.3, -0.25) is 14.6 Å². The maximum absolute atomic E-state index is 11.7. The average molecular weight is 247 g/mol. The molecule has 0 aliphatic carbocycles. The smallest absolute Gasteiger partial charge is 0.181 e. The molecule has 0 saturated heterocycles. The van der Waals surface area contributed by atoms with E-state index < -0.39 is 0 Å². The average Bonchev–Trinajstić information content (AvgIpc) is 2.90. The number of allylic oxidation sites excluding steroid dienone is 1. The number of nitrogens with zero attached hydrogens (tertiary/aromatic N) is 1. The molecule has 0 spiro atoms. The van der Waals surface area contributed by atoms with E-state index in [0.717, 1.165) is 6.42 Å². The number of rotatable bonds is 5. The van der Waals surface area contributed by atoms with E-state index in [1.54, 1.807) is 36.2 Å². The zero-order valence-corrected chi connectivity index (χ0v) is 10.2. The predicted molar refractivity (Wildman–Crippen MR) is 67.9 cm³/mol. The van der Waals surface area contributed by atoms with Crippen LogP contribution in [0.5, 0.6) is 0 Å². The van der Waals surface area contributed by atoms with Gasteiger partial charge in [-0.2, -0.15) is 0 Å². The van der Waals surface area contributed by atoms with Crippen molar-refractivity contribution in [3.05, 3.63) is 41.6 Å². The Morgan fingerprint density at radius 1 is 1.35 bits per heavy atom. The van der Waals surface area contributed by atoms with Gasteiger partial charge < -0.3 is 0 Å². The molecule has 3 nitrogen and oxygen atoms in total. The zero-order valence-electron chi connectivity index (χ0n) is 9.33. The van der Waals surface area contributed by atoms with Gasteiger partial charge in [0.2, 0.25) is 0 Å². The molecule has 0 N–H and O–H groups in total. The van der Waals surface area contributed by atoms with Crippen molar-refractivity contribution in [3.8, 4) is 0 Å². The summed E-state index contributed by atoms with van der Waals surface area (Å²) in [5.41, 5.74) is 0.442. The van der Waals surface area contributed by atoms with Gasteiger partial charge in [-0.25, -0.2) is 0 Å². The first kappa shape index (κ1) is 12.0. The SMILES string of the molecule is O=C(CCC(=O)C1CC=CS1)c1ccccn1. The number of carbonyl (C=O) groups excluding carboxylic acids is 2. The Kier molecular flexibility index (Phi) is 4.09. The highest BCUT2D eigenvalue weighted by molar-refractivity contribution is 8.03. The Morgan fingerprint density at radius 3 is 2.88 bits per heavy atom. The van der Waals surface area contributed by atoms with Crippen molar-refractivity contribution in [2.24, 2.45) is 0 Å². The molecule has 2 heterocycles. The van der Waals surface area contributed by atoms with Crippen LogP contribution in [0.4, 0.5) is 0 Å². The second-order valence-electron chi connectivity index (χ2n) is 3.84. The summed E-state index contributed by atoms with van der Waals surface area (Å²) in [6, 6.07) is 5.22. The fourth-order valence-corrected chi connectivity index (χ4v) is 2.55. The van der Waals surface area contributed by atoms with E-state index >= 15 is 0 Å². The minimum absolute atomic E-state index is 0.0199. The number of carbonyl (C=O) groups is 2. The van der Waals surface area contributed by atoms with E-state index in [9.17, 15) is 9.59 Å². The lowest BCUT2D eigenvalue weighted by Gasteiger charge is -2.06. The molecule has 2 rings (SSSR count). The van der Waals surface area contributed by atoms with Crippen molar-refractivity contribution < 1.29 is 9.59 Å². The first-order valence-electron chi connectivity index (χ1n) is 5.55. The van der Waals surface area contributed by atoms with Crippen LogP contribution in [-0.2, 0) is 4.79 Å². The molecule has 1 aromatic rings. The summed E-state index contributed by atoms with van der Waals surface area (Å²) in [6.45, 7) is 0. The number of hydrogen-bond acceptors (Lipinski definition) is 4. The summed E-state index contributed by atoms with van der Waals surface area (Å²) < 4.78 is 0. The molecule has 0 amide bonds. The van der Waals surface area contributed by atoms with E-state index in [2.05, 4.69) is 4.98 Å². The third-order valence-corrected chi connectivity index (χ3v) is 3.73. The van der Waals surface area contributed by atoms with Crippen molar-refractivity contribution in [1.29, 1.82) is 0 Å². The van der Waals surface area contributed by atoms with Gasteiger partial charge in [-0.1, -0.05) is 12.1 Å². The van der Waals surface area contributed by atoms with Crippen LogP contribution in [0.2, 0.25) is 0 Å². The molecule has 4 heteroatoms. The molecule has 1 atom stereocenters. The van der Waals surface area contributed by atoms with Gasteiger partial charge >= 0.3 is 0 Å². The fourth-order valence-electron chi connectivity index (χ4n) is 1.65. The van der Waals surface area contributed by atoms with Crippen LogP contribution < -0.4 is 0 Å². The molecule has 1 aliphatic rings. The summed E-state index contributed by atoms with van der Waals surface area (Å²) in [5.74, 6) is 0.0965. The highest BCUT2D eigenvalue weighted by Gasteiger charge is 2.20. The zero-order chi connectivity index (χ0) is 12.1. The van der Waals surface area contributed by atoms with Gasteiger partial charge in [0.1, 0.15) is 11.5 Å². The lowest BCUT2D eigenvalue weighted by molar-refractivity contribution is -0.118. The number of aromatic nitrogens is 1. The summed E-state index contributed by atoms with van der Waals surface area (Å²) in [4.78, 5) is 27.5. The molecule has 17 heavy (non-hydrogen) atoms. The fraction of sp³-hybridized carbons (Fsp3) is 0.308. The predicted octanol–water partition coefficient (Wildman–Crippen LogP) is 2.63. The normalized spacial score (nSPS) is 18.2. The number of pyridine rings is 1. The summed E-state index contributed by atoms with van der Waals surface area (Å²) in [5, 5.41) is 1.97. The van der Waals surface area contributed by atoms with Gasteiger partial charge in [0.15, 0.2) is 5.78 Å². The molecule has 0 bridgehead atoms. The number of thioether (sulfide) groups is 1. The van der Waals surface area contributed by atoms with Crippen LogP contribution in [0.25, 0.3) is 0 Å². The third kappa shape index (κ3) is 3.27. The second-order valence-corrected chi connectivity index (χ2v) is 4.95. The Bertz CT molecular complexity index is 434. The van der Waals surface area contributed by atoms with Crippen LogP contribution >= 0.6 is 11.8 Å². The van der Waals surface area contributed by atoms with Gasteiger partial charge in [0, 0.05) is 19.0 Å². The van der Waals surface area contributed by atoms with E-state index in [1.165, 1.54) is 0 Å². The molecule has 0 aromatic carbocycles. The molecule has 0 saturated carbocycles. The van der Waals surface area contributed by atoms with Crippen LogP contribution in [0, 0.1) is 0 Å². The topological polar surface area (TPSA) is 47.0 Å². The lowest BCUT2D eigenvalue weighted by Crippen LogP contribution is -2.15. The van der Waals surface area contributed by atoms with Crippen molar-refractivity contribution >= 4 is 23.3 Å². The van der Waals surface area contributed by atoms with Crippen LogP contribution in [0.3, 0.4) is 0 Å². The maximum Gasteiger partial charge on any atom is 0.181 e. The standard InChI is InChI=1S/C13H13NO2S/c15-11(10-4-1-2-8-14-10)6-7-12(16)13-5-3-9-17-13/h1-4,8-9,13H,5-7H2. The Labute approximate surface area is 104 Å². The first-order valence-corrected chi connectivity index (χ1v) is 6.49. The number of hydrogen-bond donors (Lipinski definition) is 0. The third-order valence-electron chi connectivity index (χ3n) is 2.60. The molecular formula is C13H13NO2S. The highest BCUT2D eigenvalue weighted by atomic mass is 32.2. The van der Waals surface area contributed by atoms with Crippen molar-refractivity contribution in [1.82, 2.24) is 4.98 Å². The quantitative estimate of drug-likeness (QED) is 0.750. The van der Waals surface area contributed by atoms with Crippen molar-refractivity contribution in [3.63, 3.8) is 0 Å². The van der Waals surface area contributed by atoms with E-state index in [4.69, 9.17) is 0 Å². The minimum atomic E-state index is -0.0603. The summed E-state index contributed by atoms with van der Waals surface area (Å²) in [6.07, 6.45) is 4.95. The van der Waals surface area contributed by atoms with Gasteiger partial charge in [0.05, 0.1) is 5.25 Å².